The summed E-state index contributed by atoms with van der Waals surface area (Å²) in [5.41, 5.74) is 1.23. The number of carbonyl (C=O) groups excluding carboxylic acids is 1. The standard InChI is InChI=1S/C23H28N2O4S/c1-13(2)12-25-10-9-19-21(23(25)27)20(15(4)30-19)22(26)24-14(3)16-7-8-17(28-5)18(11-16)29-6/h7-11,13-14H,12H2,1-6H3,(H,24,26)/t14-/m0/s1. The number of rotatable bonds is 7. The van der Waals surface area contributed by atoms with Crippen molar-refractivity contribution in [1.29, 1.82) is 0 Å². The van der Waals surface area contributed by atoms with E-state index in [9.17, 15) is 9.59 Å². The molecule has 3 aromatic rings. The zero-order valence-electron chi connectivity index (χ0n) is 18.2. The average molecular weight is 429 g/mol. The Morgan fingerprint density at radius 2 is 1.83 bits per heavy atom. The number of ether oxygens (including phenoxy) is 2. The first-order valence-corrected chi connectivity index (χ1v) is 10.7. The van der Waals surface area contributed by atoms with Crippen LogP contribution in [0.3, 0.4) is 0 Å². The molecule has 0 spiro atoms. The lowest BCUT2D eigenvalue weighted by atomic mass is 10.1. The maximum absolute atomic E-state index is 13.2. The van der Waals surface area contributed by atoms with E-state index in [2.05, 4.69) is 19.2 Å². The molecule has 2 heterocycles. The van der Waals surface area contributed by atoms with Gasteiger partial charge in [-0.05, 0) is 43.5 Å². The molecule has 3 rings (SSSR count). The second-order valence-corrected chi connectivity index (χ2v) is 9.01. The summed E-state index contributed by atoms with van der Waals surface area (Å²) in [5, 5.41) is 3.53. The summed E-state index contributed by atoms with van der Waals surface area (Å²) in [6.07, 6.45) is 1.81. The maximum Gasteiger partial charge on any atom is 0.260 e. The lowest BCUT2D eigenvalue weighted by Gasteiger charge is -2.17. The van der Waals surface area contributed by atoms with Gasteiger partial charge in [0.05, 0.1) is 31.2 Å². The third kappa shape index (κ3) is 4.21. The molecule has 7 heteroatoms. The van der Waals surface area contributed by atoms with Crippen LogP contribution < -0.4 is 20.3 Å². The summed E-state index contributed by atoms with van der Waals surface area (Å²) in [6.45, 7) is 8.53. The summed E-state index contributed by atoms with van der Waals surface area (Å²) >= 11 is 1.47. The molecular formula is C23H28N2O4S. The van der Waals surface area contributed by atoms with Crippen LogP contribution in [-0.2, 0) is 6.54 Å². The number of amides is 1. The monoisotopic (exact) mass is 428 g/mol. The smallest absolute Gasteiger partial charge is 0.260 e. The number of aromatic nitrogens is 1. The van der Waals surface area contributed by atoms with Crippen LogP contribution in [0.4, 0.5) is 0 Å². The first-order chi connectivity index (χ1) is 14.3. The van der Waals surface area contributed by atoms with Gasteiger partial charge in [-0.2, -0.15) is 0 Å². The molecule has 30 heavy (non-hydrogen) atoms. The number of nitrogens with zero attached hydrogens (tertiary/aromatic N) is 1. The third-order valence-electron chi connectivity index (χ3n) is 5.04. The average Bonchev–Trinajstić information content (AvgIpc) is 3.06. The van der Waals surface area contributed by atoms with Crippen LogP contribution in [0.1, 0.15) is 47.6 Å². The van der Waals surface area contributed by atoms with E-state index in [1.807, 2.05) is 44.3 Å². The molecule has 1 atom stereocenters. The zero-order chi connectivity index (χ0) is 22.0. The van der Waals surface area contributed by atoms with E-state index < -0.39 is 0 Å². The minimum absolute atomic E-state index is 0.116. The van der Waals surface area contributed by atoms with Gasteiger partial charge in [0, 0.05) is 22.3 Å². The summed E-state index contributed by atoms with van der Waals surface area (Å²) in [6, 6.07) is 7.20. The molecule has 0 saturated heterocycles. The van der Waals surface area contributed by atoms with E-state index in [1.54, 1.807) is 18.8 Å². The third-order valence-corrected chi connectivity index (χ3v) is 6.11. The molecule has 0 fully saturated rings. The molecule has 0 saturated carbocycles. The number of methoxy groups -OCH3 is 2. The second kappa shape index (κ2) is 8.92. The molecule has 6 nitrogen and oxygen atoms in total. The highest BCUT2D eigenvalue weighted by atomic mass is 32.1. The number of hydrogen-bond acceptors (Lipinski definition) is 5. The van der Waals surface area contributed by atoms with E-state index >= 15 is 0 Å². The van der Waals surface area contributed by atoms with Crippen molar-refractivity contribution in [2.75, 3.05) is 14.2 Å². The maximum atomic E-state index is 13.2. The van der Waals surface area contributed by atoms with Crippen molar-refractivity contribution >= 4 is 27.3 Å². The van der Waals surface area contributed by atoms with Gasteiger partial charge in [-0.15, -0.1) is 11.3 Å². The van der Waals surface area contributed by atoms with Crippen LogP contribution in [0.5, 0.6) is 11.5 Å². The predicted molar refractivity (Wildman–Crippen MR) is 121 cm³/mol. The number of benzene rings is 1. The van der Waals surface area contributed by atoms with Gasteiger partial charge < -0.3 is 19.4 Å². The fraction of sp³-hybridized carbons (Fsp3) is 0.391. The van der Waals surface area contributed by atoms with E-state index in [0.717, 1.165) is 15.1 Å². The Labute approximate surface area is 180 Å². The molecule has 0 bridgehead atoms. The van der Waals surface area contributed by atoms with Crippen molar-refractivity contribution in [3.05, 3.63) is 56.8 Å². The fourth-order valence-corrected chi connectivity index (χ4v) is 4.60. The fourth-order valence-electron chi connectivity index (χ4n) is 3.55. The lowest BCUT2D eigenvalue weighted by molar-refractivity contribution is 0.0941. The van der Waals surface area contributed by atoms with Crippen molar-refractivity contribution in [2.45, 2.75) is 40.3 Å². The predicted octanol–water partition coefficient (Wildman–Crippen LogP) is 4.54. The van der Waals surface area contributed by atoms with Crippen LogP contribution in [0.25, 0.3) is 10.1 Å². The van der Waals surface area contributed by atoms with Crippen LogP contribution in [0.2, 0.25) is 0 Å². The SMILES string of the molecule is COc1ccc([C@H](C)NC(=O)c2c(C)sc3ccn(CC(C)C)c(=O)c23)cc1OC. The van der Waals surface area contributed by atoms with Crippen molar-refractivity contribution < 1.29 is 14.3 Å². The van der Waals surface area contributed by atoms with Gasteiger partial charge in [0.1, 0.15) is 0 Å². The molecule has 0 aliphatic rings. The Morgan fingerprint density at radius 1 is 1.13 bits per heavy atom. The van der Waals surface area contributed by atoms with E-state index in [0.29, 0.717) is 34.9 Å². The van der Waals surface area contributed by atoms with Gasteiger partial charge in [-0.3, -0.25) is 9.59 Å². The number of hydrogen-bond donors (Lipinski definition) is 1. The second-order valence-electron chi connectivity index (χ2n) is 7.75. The molecular weight excluding hydrogens is 400 g/mol. The Morgan fingerprint density at radius 3 is 2.47 bits per heavy atom. The number of thiophene rings is 1. The molecule has 160 valence electrons. The van der Waals surface area contributed by atoms with Crippen molar-refractivity contribution in [2.24, 2.45) is 5.92 Å². The molecule has 0 aliphatic carbocycles. The van der Waals surface area contributed by atoms with Gasteiger partial charge in [0.2, 0.25) is 0 Å². The quantitative estimate of drug-likeness (QED) is 0.600. The number of pyridine rings is 1. The van der Waals surface area contributed by atoms with E-state index in [1.165, 1.54) is 11.3 Å². The molecule has 0 radical (unpaired) electrons. The van der Waals surface area contributed by atoms with Gasteiger partial charge in [0.25, 0.3) is 11.5 Å². The summed E-state index contributed by atoms with van der Waals surface area (Å²) < 4.78 is 13.2. The molecule has 0 aliphatic heterocycles. The lowest BCUT2D eigenvalue weighted by Crippen LogP contribution is -2.29. The first-order valence-electron chi connectivity index (χ1n) is 9.92. The van der Waals surface area contributed by atoms with Gasteiger partial charge >= 0.3 is 0 Å². The number of aryl methyl sites for hydroxylation is 1. The number of nitrogens with one attached hydrogen (secondary N) is 1. The highest BCUT2D eigenvalue weighted by molar-refractivity contribution is 7.19. The Kier molecular flexibility index (Phi) is 6.51. The van der Waals surface area contributed by atoms with Crippen molar-refractivity contribution in [3.8, 4) is 11.5 Å². The zero-order valence-corrected chi connectivity index (χ0v) is 19.1. The molecule has 0 unspecified atom stereocenters. The normalized spacial score (nSPS) is 12.2. The molecule has 1 aromatic carbocycles. The number of fused-ring (bicyclic) bond motifs is 1. The Balaban J connectivity index is 1.95. The first kappa shape index (κ1) is 21.9. The van der Waals surface area contributed by atoms with E-state index in [-0.39, 0.29) is 17.5 Å². The molecule has 1 amide bonds. The summed E-state index contributed by atoms with van der Waals surface area (Å²) in [4.78, 5) is 27.1. The largest absolute Gasteiger partial charge is 0.493 e. The van der Waals surface area contributed by atoms with Gasteiger partial charge in [-0.1, -0.05) is 19.9 Å². The minimum atomic E-state index is -0.270. The Bertz CT molecular complexity index is 1130. The molecule has 2 aromatic heterocycles. The highest BCUT2D eigenvalue weighted by Crippen LogP contribution is 2.31. The van der Waals surface area contributed by atoms with Crippen LogP contribution >= 0.6 is 11.3 Å². The highest BCUT2D eigenvalue weighted by Gasteiger charge is 2.22. The van der Waals surface area contributed by atoms with Crippen LogP contribution in [0, 0.1) is 12.8 Å². The number of carbonyl (C=O) groups is 1. The van der Waals surface area contributed by atoms with Crippen molar-refractivity contribution in [1.82, 2.24) is 9.88 Å². The Hall–Kier alpha value is -2.80. The van der Waals surface area contributed by atoms with Gasteiger partial charge in [-0.25, -0.2) is 0 Å². The minimum Gasteiger partial charge on any atom is -0.493 e. The van der Waals surface area contributed by atoms with Gasteiger partial charge in [0.15, 0.2) is 11.5 Å². The van der Waals surface area contributed by atoms with Crippen LogP contribution in [-0.4, -0.2) is 24.7 Å². The molecule has 1 N–H and O–H groups in total. The van der Waals surface area contributed by atoms with E-state index in [4.69, 9.17) is 9.47 Å². The van der Waals surface area contributed by atoms with Crippen molar-refractivity contribution in [3.63, 3.8) is 0 Å². The van der Waals surface area contributed by atoms with Crippen LogP contribution in [0.15, 0.2) is 35.3 Å². The topological polar surface area (TPSA) is 69.6 Å². The summed E-state index contributed by atoms with van der Waals surface area (Å²) in [5.74, 6) is 1.32. The summed E-state index contributed by atoms with van der Waals surface area (Å²) in [7, 11) is 3.16.